The predicted octanol–water partition coefficient (Wildman–Crippen LogP) is 2.50. The molecule has 2 N–H and O–H groups in total. The van der Waals surface area contributed by atoms with Crippen molar-refractivity contribution in [2.24, 2.45) is 0 Å². The first-order valence-corrected chi connectivity index (χ1v) is 9.13. The summed E-state index contributed by atoms with van der Waals surface area (Å²) >= 11 is 0. The minimum Gasteiger partial charge on any atom is -0.335 e. The summed E-state index contributed by atoms with van der Waals surface area (Å²) < 4.78 is 77.9. The number of rotatable bonds is 6. The molecule has 0 aliphatic carbocycles. The highest BCUT2D eigenvalue weighted by Gasteiger charge is 2.31. The molecule has 0 radical (unpaired) electrons. The molecule has 0 saturated carbocycles. The lowest BCUT2D eigenvalue weighted by Crippen LogP contribution is -2.38. The van der Waals surface area contributed by atoms with Crippen molar-refractivity contribution >= 4 is 15.9 Å². The molecule has 0 fully saturated rings. The lowest BCUT2D eigenvalue weighted by atomic mass is 10.1. The second-order valence-electron chi connectivity index (χ2n) is 5.50. The number of hydrogen-bond donors (Lipinski definition) is 2. The van der Waals surface area contributed by atoms with Gasteiger partial charge in [0.25, 0.3) is 0 Å². The van der Waals surface area contributed by atoms with E-state index in [4.69, 9.17) is 5.26 Å². The van der Waals surface area contributed by atoms with Crippen LogP contribution in [0.2, 0.25) is 0 Å². The maximum atomic E-state index is 13.7. The molecule has 0 aliphatic heterocycles. The van der Waals surface area contributed by atoms with E-state index in [0.717, 1.165) is 18.2 Å². The van der Waals surface area contributed by atoms with Gasteiger partial charge in [-0.25, -0.2) is 17.5 Å². The maximum Gasteiger partial charge on any atom is 0.416 e. The zero-order chi connectivity index (χ0) is 20.9. The first kappa shape index (κ1) is 21.3. The Hall–Kier alpha value is -2.97. The Balaban J connectivity index is 2.07. The molecular weight excluding hydrogens is 402 g/mol. The second-order valence-corrected chi connectivity index (χ2v) is 7.27. The number of carbonyl (C=O) groups is 1. The molecule has 0 heterocycles. The minimum absolute atomic E-state index is 0.112. The van der Waals surface area contributed by atoms with Crippen LogP contribution in [0, 0.1) is 17.1 Å². The summed E-state index contributed by atoms with van der Waals surface area (Å²) in [7, 11) is -4.42. The zero-order valence-corrected chi connectivity index (χ0v) is 14.8. The normalized spacial score (nSPS) is 12.8. The van der Waals surface area contributed by atoms with Crippen molar-refractivity contribution in [3.63, 3.8) is 0 Å². The fraction of sp³-hybridized carbons (Fsp3) is 0.176. The van der Waals surface area contributed by atoms with Crippen LogP contribution in [0.15, 0.2) is 53.4 Å². The third-order valence-corrected chi connectivity index (χ3v) is 4.94. The van der Waals surface area contributed by atoms with Crippen LogP contribution < -0.4 is 10.0 Å². The molecule has 6 nitrogen and oxygen atoms in total. The van der Waals surface area contributed by atoms with Crippen molar-refractivity contribution in [2.75, 3.05) is 6.54 Å². The number of sulfonamides is 1. The van der Waals surface area contributed by atoms with Crippen LogP contribution in [0.25, 0.3) is 0 Å². The number of amides is 1. The molecule has 0 saturated heterocycles. The van der Waals surface area contributed by atoms with Gasteiger partial charge < -0.3 is 5.32 Å². The Morgan fingerprint density at radius 1 is 1.14 bits per heavy atom. The highest BCUT2D eigenvalue weighted by molar-refractivity contribution is 7.89. The lowest BCUT2D eigenvalue weighted by Gasteiger charge is -2.14. The van der Waals surface area contributed by atoms with E-state index in [1.165, 1.54) is 18.2 Å². The standard InChI is InChI=1S/C17H13F4N3O3S/c18-14-7-2-1-6-13(14)15(9-22)24-16(25)10-23-28(26,27)12-5-3-4-11(8-12)17(19,20)21/h1-8,15,23H,10H2,(H,24,25). The van der Waals surface area contributed by atoms with Crippen molar-refractivity contribution in [3.05, 3.63) is 65.5 Å². The van der Waals surface area contributed by atoms with E-state index in [-0.39, 0.29) is 5.56 Å². The van der Waals surface area contributed by atoms with E-state index in [1.807, 2.05) is 4.72 Å². The topological polar surface area (TPSA) is 99.1 Å². The van der Waals surface area contributed by atoms with Crippen molar-refractivity contribution in [3.8, 4) is 6.07 Å². The van der Waals surface area contributed by atoms with E-state index in [0.29, 0.717) is 12.1 Å². The first-order valence-electron chi connectivity index (χ1n) is 7.65. The Morgan fingerprint density at radius 2 is 1.82 bits per heavy atom. The van der Waals surface area contributed by atoms with E-state index < -0.39 is 51.0 Å². The summed E-state index contributed by atoms with van der Waals surface area (Å²) in [4.78, 5) is 11.2. The molecule has 11 heteroatoms. The van der Waals surface area contributed by atoms with E-state index in [1.54, 1.807) is 6.07 Å². The van der Waals surface area contributed by atoms with Gasteiger partial charge >= 0.3 is 6.18 Å². The van der Waals surface area contributed by atoms with Gasteiger partial charge in [0.1, 0.15) is 11.9 Å². The molecule has 1 unspecified atom stereocenters. The number of halogens is 4. The van der Waals surface area contributed by atoms with Gasteiger partial charge in [-0.1, -0.05) is 24.3 Å². The summed E-state index contributed by atoms with van der Waals surface area (Å²) in [5, 5.41) is 11.2. The van der Waals surface area contributed by atoms with E-state index in [9.17, 15) is 30.8 Å². The Morgan fingerprint density at radius 3 is 2.43 bits per heavy atom. The van der Waals surface area contributed by atoms with E-state index >= 15 is 0 Å². The minimum atomic E-state index is -4.73. The van der Waals surface area contributed by atoms with Gasteiger partial charge in [-0.3, -0.25) is 4.79 Å². The number of nitriles is 1. The van der Waals surface area contributed by atoms with Crippen molar-refractivity contribution < 1.29 is 30.8 Å². The zero-order valence-electron chi connectivity index (χ0n) is 14.0. The lowest BCUT2D eigenvalue weighted by molar-refractivity contribution is -0.137. The van der Waals surface area contributed by atoms with Crippen LogP contribution in [-0.4, -0.2) is 20.9 Å². The molecule has 0 spiro atoms. The third kappa shape index (κ3) is 5.28. The van der Waals surface area contributed by atoms with Gasteiger partial charge in [0, 0.05) is 5.56 Å². The highest BCUT2D eigenvalue weighted by atomic mass is 32.2. The largest absolute Gasteiger partial charge is 0.416 e. The first-order chi connectivity index (χ1) is 13.0. The number of hydrogen-bond acceptors (Lipinski definition) is 4. The summed E-state index contributed by atoms with van der Waals surface area (Å²) in [6.07, 6.45) is -4.73. The van der Waals surface area contributed by atoms with Crippen LogP contribution in [0.3, 0.4) is 0 Å². The SMILES string of the molecule is N#CC(NC(=O)CNS(=O)(=O)c1cccc(C(F)(F)F)c1)c1ccccc1F. The average Bonchev–Trinajstić information content (AvgIpc) is 2.64. The number of nitrogens with zero attached hydrogens (tertiary/aromatic N) is 1. The van der Waals surface area contributed by atoms with Crippen LogP contribution in [0.4, 0.5) is 17.6 Å². The molecule has 2 aromatic carbocycles. The maximum absolute atomic E-state index is 13.7. The predicted molar refractivity (Wildman–Crippen MR) is 89.5 cm³/mol. The Kier molecular flexibility index (Phi) is 6.37. The number of alkyl halides is 3. The fourth-order valence-electron chi connectivity index (χ4n) is 2.18. The monoisotopic (exact) mass is 415 g/mol. The quantitative estimate of drug-likeness (QED) is 0.709. The summed E-state index contributed by atoms with van der Waals surface area (Å²) in [5.41, 5.74) is -1.27. The molecule has 2 aromatic rings. The fourth-order valence-corrected chi connectivity index (χ4v) is 3.21. The van der Waals surface area contributed by atoms with Gasteiger partial charge in [-0.05, 0) is 24.3 Å². The molecule has 0 aromatic heterocycles. The highest BCUT2D eigenvalue weighted by Crippen LogP contribution is 2.30. The van der Waals surface area contributed by atoms with E-state index in [2.05, 4.69) is 5.32 Å². The molecule has 148 valence electrons. The summed E-state index contributed by atoms with van der Waals surface area (Å²) in [6, 6.07) is 8.49. The van der Waals surface area contributed by atoms with Crippen LogP contribution in [0.1, 0.15) is 17.2 Å². The van der Waals surface area contributed by atoms with Gasteiger partial charge in [0.05, 0.1) is 23.1 Å². The molecule has 2 rings (SSSR count). The number of carbonyl (C=O) groups excluding carboxylic acids is 1. The van der Waals surface area contributed by atoms with Crippen LogP contribution in [-0.2, 0) is 21.0 Å². The average molecular weight is 415 g/mol. The second kappa shape index (κ2) is 8.37. The molecular formula is C17H13F4N3O3S. The molecule has 28 heavy (non-hydrogen) atoms. The summed E-state index contributed by atoms with van der Waals surface area (Å²) in [6.45, 7) is -0.856. The van der Waals surface area contributed by atoms with Crippen LogP contribution in [0.5, 0.6) is 0 Å². The Bertz CT molecular complexity index is 1020. The van der Waals surface area contributed by atoms with Crippen molar-refractivity contribution in [1.82, 2.24) is 10.0 Å². The van der Waals surface area contributed by atoms with Gasteiger partial charge in [-0.2, -0.15) is 18.4 Å². The van der Waals surface area contributed by atoms with Gasteiger partial charge in [-0.15, -0.1) is 0 Å². The van der Waals surface area contributed by atoms with Crippen molar-refractivity contribution in [1.29, 1.82) is 5.26 Å². The van der Waals surface area contributed by atoms with Crippen LogP contribution >= 0.6 is 0 Å². The molecule has 1 atom stereocenters. The van der Waals surface area contributed by atoms with Crippen molar-refractivity contribution in [2.45, 2.75) is 17.1 Å². The summed E-state index contributed by atoms with van der Waals surface area (Å²) in [5.74, 6) is -1.70. The third-order valence-electron chi connectivity index (χ3n) is 3.55. The van der Waals surface area contributed by atoms with Gasteiger partial charge in [0.2, 0.25) is 15.9 Å². The molecule has 0 bridgehead atoms. The number of nitrogens with one attached hydrogen (secondary N) is 2. The number of benzene rings is 2. The molecule has 1 amide bonds. The smallest absolute Gasteiger partial charge is 0.335 e. The molecule has 0 aliphatic rings. The Labute approximate surface area is 157 Å². The van der Waals surface area contributed by atoms with Gasteiger partial charge in [0.15, 0.2) is 0 Å².